The van der Waals surface area contributed by atoms with Crippen LogP contribution in [0.15, 0.2) is 12.1 Å². The Hall–Kier alpha value is -1.71. The highest BCUT2D eigenvalue weighted by Gasteiger charge is 2.11. The fourth-order valence-corrected chi connectivity index (χ4v) is 1.38. The van der Waals surface area contributed by atoms with Crippen molar-refractivity contribution in [3.8, 4) is 0 Å². The van der Waals surface area contributed by atoms with Crippen LogP contribution >= 0.6 is 0 Å². The number of anilines is 2. The van der Waals surface area contributed by atoms with Crippen LogP contribution in [0.3, 0.4) is 0 Å². The molecule has 0 atom stereocenters. The normalized spacial score (nSPS) is 10.0. The Bertz CT molecular complexity index is 375. The molecule has 0 aromatic heterocycles. The molecule has 0 aliphatic carbocycles. The molecule has 1 aromatic carbocycles. The Balaban J connectivity index is 2.93. The second-order valence-electron chi connectivity index (χ2n) is 3.35. The molecule has 4 nitrogen and oxygen atoms in total. The zero-order valence-corrected chi connectivity index (χ0v) is 9.04. The van der Waals surface area contributed by atoms with Gasteiger partial charge in [0.25, 0.3) is 0 Å². The van der Waals surface area contributed by atoms with Crippen LogP contribution < -0.4 is 11.5 Å². The molecule has 0 saturated heterocycles. The summed E-state index contributed by atoms with van der Waals surface area (Å²) in [5.74, 6) is -0.280. The molecule has 0 aliphatic heterocycles. The molecule has 0 heterocycles. The van der Waals surface area contributed by atoms with E-state index in [1.165, 1.54) is 0 Å². The summed E-state index contributed by atoms with van der Waals surface area (Å²) < 4.78 is 4.86. The van der Waals surface area contributed by atoms with E-state index in [9.17, 15) is 4.79 Å². The quantitative estimate of drug-likeness (QED) is 0.579. The van der Waals surface area contributed by atoms with E-state index in [0.29, 0.717) is 18.0 Å². The van der Waals surface area contributed by atoms with Crippen LogP contribution in [0.2, 0.25) is 0 Å². The summed E-state index contributed by atoms with van der Waals surface area (Å²) in [4.78, 5) is 11.3. The molecule has 0 unspecified atom stereocenters. The molecule has 0 aliphatic rings. The largest absolute Gasteiger partial charge is 0.466 e. The standard InChI is InChI=1S/C11H16N2O2/c1-3-15-10(14)6-8-7(2)4-5-9(12)11(8)13/h4-5H,3,6,12-13H2,1-2H3. The topological polar surface area (TPSA) is 78.3 Å². The number of rotatable bonds is 3. The second-order valence-corrected chi connectivity index (χ2v) is 3.35. The number of benzene rings is 1. The number of hydrogen-bond acceptors (Lipinski definition) is 4. The van der Waals surface area contributed by atoms with Gasteiger partial charge in [-0.25, -0.2) is 0 Å². The van der Waals surface area contributed by atoms with E-state index in [0.717, 1.165) is 11.1 Å². The van der Waals surface area contributed by atoms with Gasteiger partial charge in [-0.1, -0.05) is 6.07 Å². The maximum Gasteiger partial charge on any atom is 0.310 e. The molecule has 0 saturated carbocycles. The number of ether oxygens (including phenoxy) is 1. The third kappa shape index (κ3) is 2.62. The summed E-state index contributed by atoms with van der Waals surface area (Å²) in [6.45, 7) is 4.04. The highest BCUT2D eigenvalue weighted by Crippen LogP contribution is 2.24. The lowest BCUT2D eigenvalue weighted by Gasteiger charge is -2.10. The van der Waals surface area contributed by atoms with Gasteiger partial charge in [0.1, 0.15) is 0 Å². The van der Waals surface area contributed by atoms with Gasteiger partial charge < -0.3 is 16.2 Å². The summed E-state index contributed by atoms with van der Waals surface area (Å²) in [5.41, 5.74) is 14.1. The minimum absolute atomic E-state index is 0.177. The van der Waals surface area contributed by atoms with Crippen molar-refractivity contribution in [2.45, 2.75) is 20.3 Å². The van der Waals surface area contributed by atoms with E-state index in [1.807, 2.05) is 13.0 Å². The molecular formula is C11H16N2O2. The van der Waals surface area contributed by atoms with E-state index in [-0.39, 0.29) is 12.4 Å². The Morgan fingerprint density at radius 1 is 1.40 bits per heavy atom. The minimum atomic E-state index is -0.280. The van der Waals surface area contributed by atoms with Crippen molar-refractivity contribution in [3.05, 3.63) is 23.3 Å². The zero-order valence-electron chi connectivity index (χ0n) is 9.04. The first-order chi connectivity index (χ1) is 7.06. The number of nitrogen functional groups attached to an aromatic ring is 2. The van der Waals surface area contributed by atoms with Gasteiger partial charge in [-0.05, 0) is 31.0 Å². The molecular weight excluding hydrogens is 192 g/mol. The maximum atomic E-state index is 11.3. The number of carbonyl (C=O) groups excluding carboxylic acids is 1. The predicted octanol–water partition coefficient (Wildman–Crippen LogP) is 1.27. The Labute approximate surface area is 89.2 Å². The Kier molecular flexibility index (Phi) is 3.55. The van der Waals surface area contributed by atoms with E-state index in [2.05, 4.69) is 0 Å². The average Bonchev–Trinajstić information content (AvgIpc) is 2.19. The monoisotopic (exact) mass is 208 g/mol. The van der Waals surface area contributed by atoms with Gasteiger partial charge >= 0.3 is 5.97 Å². The molecule has 1 aromatic rings. The maximum absolute atomic E-state index is 11.3. The minimum Gasteiger partial charge on any atom is -0.466 e. The van der Waals surface area contributed by atoms with E-state index >= 15 is 0 Å². The average molecular weight is 208 g/mol. The summed E-state index contributed by atoms with van der Waals surface area (Å²) >= 11 is 0. The SMILES string of the molecule is CCOC(=O)Cc1c(C)ccc(N)c1N. The van der Waals surface area contributed by atoms with Crippen LogP contribution in [0.1, 0.15) is 18.1 Å². The highest BCUT2D eigenvalue weighted by molar-refractivity contribution is 5.79. The Morgan fingerprint density at radius 2 is 2.07 bits per heavy atom. The zero-order chi connectivity index (χ0) is 11.4. The van der Waals surface area contributed by atoms with Crippen LogP contribution in [0.25, 0.3) is 0 Å². The van der Waals surface area contributed by atoms with Gasteiger partial charge in [0.05, 0.1) is 24.4 Å². The van der Waals surface area contributed by atoms with E-state index in [4.69, 9.17) is 16.2 Å². The van der Waals surface area contributed by atoms with Crippen molar-refractivity contribution in [2.24, 2.45) is 0 Å². The summed E-state index contributed by atoms with van der Waals surface area (Å²) in [6.07, 6.45) is 0.177. The fourth-order valence-electron chi connectivity index (χ4n) is 1.38. The molecule has 0 bridgehead atoms. The number of carbonyl (C=O) groups is 1. The molecule has 4 heteroatoms. The molecule has 0 radical (unpaired) electrons. The molecule has 4 N–H and O–H groups in total. The molecule has 0 amide bonds. The van der Waals surface area contributed by atoms with Gasteiger partial charge in [0.15, 0.2) is 0 Å². The van der Waals surface area contributed by atoms with Crippen molar-refractivity contribution in [1.82, 2.24) is 0 Å². The van der Waals surface area contributed by atoms with Crippen LogP contribution in [-0.4, -0.2) is 12.6 Å². The van der Waals surface area contributed by atoms with Crippen LogP contribution in [0, 0.1) is 6.92 Å². The predicted molar refractivity (Wildman–Crippen MR) is 60.3 cm³/mol. The molecule has 15 heavy (non-hydrogen) atoms. The van der Waals surface area contributed by atoms with Crippen molar-refractivity contribution in [2.75, 3.05) is 18.1 Å². The first kappa shape index (κ1) is 11.4. The smallest absolute Gasteiger partial charge is 0.310 e. The van der Waals surface area contributed by atoms with E-state index < -0.39 is 0 Å². The number of nitrogens with two attached hydrogens (primary N) is 2. The second kappa shape index (κ2) is 4.68. The first-order valence-electron chi connectivity index (χ1n) is 4.85. The molecule has 82 valence electrons. The summed E-state index contributed by atoms with van der Waals surface area (Å²) in [7, 11) is 0. The van der Waals surface area contributed by atoms with E-state index in [1.54, 1.807) is 13.0 Å². The number of hydrogen-bond donors (Lipinski definition) is 2. The lowest BCUT2D eigenvalue weighted by Crippen LogP contribution is -2.11. The summed E-state index contributed by atoms with van der Waals surface area (Å²) in [5, 5.41) is 0. The van der Waals surface area contributed by atoms with Gasteiger partial charge in [0.2, 0.25) is 0 Å². The van der Waals surface area contributed by atoms with Crippen molar-refractivity contribution in [1.29, 1.82) is 0 Å². The molecule has 0 fully saturated rings. The van der Waals surface area contributed by atoms with Crippen LogP contribution in [0.5, 0.6) is 0 Å². The van der Waals surface area contributed by atoms with Gasteiger partial charge in [0, 0.05) is 0 Å². The summed E-state index contributed by atoms with van der Waals surface area (Å²) in [6, 6.07) is 3.58. The van der Waals surface area contributed by atoms with Gasteiger partial charge in [-0.3, -0.25) is 4.79 Å². The lowest BCUT2D eigenvalue weighted by atomic mass is 10.0. The Morgan fingerprint density at radius 3 is 2.67 bits per heavy atom. The lowest BCUT2D eigenvalue weighted by molar-refractivity contribution is -0.142. The van der Waals surface area contributed by atoms with Gasteiger partial charge in [-0.15, -0.1) is 0 Å². The van der Waals surface area contributed by atoms with Crippen molar-refractivity contribution < 1.29 is 9.53 Å². The van der Waals surface area contributed by atoms with Crippen molar-refractivity contribution >= 4 is 17.3 Å². The molecule has 1 rings (SSSR count). The fraction of sp³-hybridized carbons (Fsp3) is 0.364. The third-order valence-electron chi connectivity index (χ3n) is 2.25. The molecule has 0 spiro atoms. The van der Waals surface area contributed by atoms with Gasteiger partial charge in [-0.2, -0.15) is 0 Å². The third-order valence-corrected chi connectivity index (χ3v) is 2.25. The number of aryl methyl sites for hydroxylation is 1. The highest BCUT2D eigenvalue weighted by atomic mass is 16.5. The number of esters is 1. The van der Waals surface area contributed by atoms with Crippen LogP contribution in [-0.2, 0) is 16.0 Å². The van der Waals surface area contributed by atoms with Crippen molar-refractivity contribution in [3.63, 3.8) is 0 Å². The first-order valence-corrected chi connectivity index (χ1v) is 4.85. The van der Waals surface area contributed by atoms with Crippen LogP contribution in [0.4, 0.5) is 11.4 Å².